The highest BCUT2D eigenvalue weighted by Crippen LogP contribution is 2.44. The Morgan fingerprint density at radius 2 is 2.11 bits per heavy atom. The quantitative estimate of drug-likeness (QED) is 0.828. The molecule has 1 N–H and O–H groups in total. The highest BCUT2D eigenvalue weighted by Gasteiger charge is 2.43. The van der Waals surface area contributed by atoms with Gasteiger partial charge in [-0.15, -0.1) is 5.92 Å². The molecule has 1 fully saturated rings. The van der Waals surface area contributed by atoms with Gasteiger partial charge in [0.2, 0.25) is 0 Å². The lowest BCUT2D eigenvalue weighted by Gasteiger charge is -2.35. The van der Waals surface area contributed by atoms with Crippen LogP contribution >= 0.6 is 0 Å². The van der Waals surface area contributed by atoms with Crippen molar-refractivity contribution in [2.45, 2.75) is 37.8 Å². The summed E-state index contributed by atoms with van der Waals surface area (Å²) in [5.74, 6) is 3.55. The zero-order valence-electron chi connectivity index (χ0n) is 10.9. The Morgan fingerprint density at radius 3 is 2.68 bits per heavy atom. The molecule has 0 spiro atoms. The molecule has 3 heteroatoms. The minimum atomic E-state index is -1.55. The van der Waals surface area contributed by atoms with Gasteiger partial charge < -0.3 is 5.11 Å². The van der Waals surface area contributed by atoms with E-state index in [4.69, 9.17) is 0 Å². The van der Waals surface area contributed by atoms with Crippen molar-refractivity contribution in [3.05, 3.63) is 35.9 Å². The average molecular weight is 260 g/mol. The molecule has 1 aliphatic carbocycles. The topological polar surface area (TPSA) is 37.3 Å². The number of rotatable bonds is 2. The minimum Gasteiger partial charge on any atom is -0.481 e. The van der Waals surface area contributed by atoms with Crippen LogP contribution in [0, 0.1) is 17.8 Å². The van der Waals surface area contributed by atoms with Gasteiger partial charge in [0, 0.05) is 12.3 Å². The molecule has 2 rings (SSSR count). The Hall–Kier alpha value is -1.82. The molecule has 1 aromatic carbocycles. The molecule has 0 aliphatic heterocycles. The van der Waals surface area contributed by atoms with E-state index in [9.17, 15) is 14.3 Å². The second-order valence-corrected chi connectivity index (χ2v) is 5.05. The van der Waals surface area contributed by atoms with Gasteiger partial charge in [0.05, 0.1) is 5.92 Å². The van der Waals surface area contributed by atoms with Crippen LogP contribution in [-0.4, -0.2) is 16.7 Å². The second kappa shape index (κ2) is 5.44. The molecule has 100 valence electrons. The fourth-order valence-electron chi connectivity index (χ4n) is 2.86. The van der Waals surface area contributed by atoms with Crippen molar-refractivity contribution in [3.8, 4) is 11.8 Å². The molecule has 0 aromatic heterocycles. The van der Waals surface area contributed by atoms with E-state index in [0.29, 0.717) is 6.42 Å². The fourth-order valence-corrected chi connectivity index (χ4v) is 2.86. The van der Waals surface area contributed by atoms with E-state index in [1.807, 2.05) is 30.3 Å². The van der Waals surface area contributed by atoms with E-state index in [0.717, 1.165) is 5.56 Å². The van der Waals surface area contributed by atoms with Crippen LogP contribution in [0.25, 0.3) is 0 Å². The summed E-state index contributed by atoms with van der Waals surface area (Å²) in [5.41, 5.74) is -0.671. The molecule has 1 aliphatic rings. The van der Waals surface area contributed by atoms with Gasteiger partial charge in [0.25, 0.3) is 0 Å². The predicted octanol–water partition coefficient (Wildman–Crippen LogP) is 3.39. The number of carboxylic acids is 1. The third-order valence-corrected chi connectivity index (χ3v) is 3.77. The van der Waals surface area contributed by atoms with Gasteiger partial charge >= 0.3 is 5.97 Å². The number of hydrogen-bond donors (Lipinski definition) is 1. The van der Waals surface area contributed by atoms with E-state index in [2.05, 4.69) is 11.8 Å². The van der Waals surface area contributed by atoms with Gasteiger partial charge in [-0.3, -0.25) is 4.79 Å². The number of alkyl halides is 1. The Balaban J connectivity index is 2.32. The third-order valence-electron chi connectivity index (χ3n) is 3.77. The molecular weight excluding hydrogens is 243 g/mol. The molecule has 0 saturated heterocycles. The minimum absolute atomic E-state index is 0.162. The van der Waals surface area contributed by atoms with Crippen LogP contribution in [0.15, 0.2) is 30.3 Å². The van der Waals surface area contributed by atoms with Crippen LogP contribution < -0.4 is 0 Å². The first-order chi connectivity index (χ1) is 9.06. The summed E-state index contributed by atoms with van der Waals surface area (Å²) in [6, 6.07) is 9.32. The lowest BCUT2D eigenvalue weighted by molar-refractivity contribution is -0.144. The maximum atomic E-state index is 14.6. The highest BCUT2D eigenvalue weighted by molar-refractivity contribution is 5.71. The molecule has 2 nitrogen and oxygen atoms in total. The predicted molar refractivity (Wildman–Crippen MR) is 71.4 cm³/mol. The number of hydrogen-bond acceptors (Lipinski definition) is 1. The van der Waals surface area contributed by atoms with Crippen LogP contribution in [0.4, 0.5) is 4.39 Å². The maximum Gasteiger partial charge on any atom is 0.307 e. The number of benzene rings is 1. The van der Waals surface area contributed by atoms with Crippen LogP contribution in [0.3, 0.4) is 0 Å². The monoisotopic (exact) mass is 260 g/mol. The van der Waals surface area contributed by atoms with Crippen molar-refractivity contribution in [2.24, 2.45) is 5.92 Å². The van der Waals surface area contributed by atoms with Crippen molar-refractivity contribution in [1.29, 1.82) is 0 Å². The summed E-state index contributed by atoms with van der Waals surface area (Å²) in [7, 11) is 0. The van der Waals surface area contributed by atoms with E-state index < -0.39 is 17.6 Å². The molecule has 1 aromatic rings. The molecule has 1 saturated carbocycles. The van der Waals surface area contributed by atoms with Crippen LogP contribution in [0.1, 0.15) is 37.7 Å². The zero-order chi connectivity index (χ0) is 13.9. The van der Waals surface area contributed by atoms with Crippen LogP contribution in [0.5, 0.6) is 0 Å². The summed E-state index contributed by atoms with van der Waals surface area (Å²) < 4.78 is 14.6. The smallest absolute Gasteiger partial charge is 0.307 e. The SMILES string of the molecule is CC#CC1(F)CC[C@@H](C(=O)O)[C@H](c2ccccc2)C1. The summed E-state index contributed by atoms with van der Waals surface area (Å²) in [4.78, 5) is 11.3. The molecule has 1 unspecified atom stereocenters. The van der Waals surface area contributed by atoms with Gasteiger partial charge in [-0.05, 0) is 25.3 Å². The lowest BCUT2D eigenvalue weighted by atomic mass is 9.70. The van der Waals surface area contributed by atoms with E-state index in [1.54, 1.807) is 6.92 Å². The number of halogens is 1. The molecule has 0 radical (unpaired) electrons. The summed E-state index contributed by atoms with van der Waals surface area (Å²) in [5, 5.41) is 9.31. The summed E-state index contributed by atoms with van der Waals surface area (Å²) in [6.45, 7) is 1.61. The molecule has 3 atom stereocenters. The number of carboxylic acid groups (broad SMARTS) is 1. The lowest BCUT2D eigenvalue weighted by Crippen LogP contribution is -2.36. The van der Waals surface area contributed by atoms with E-state index >= 15 is 0 Å². The largest absolute Gasteiger partial charge is 0.481 e. The van der Waals surface area contributed by atoms with Crippen molar-refractivity contribution < 1.29 is 14.3 Å². The number of aliphatic carboxylic acids is 1. The molecule has 0 amide bonds. The Bertz CT molecular complexity index is 515. The second-order valence-electron chi connectivity index (χ2n) is 5.05. The molecule has 0 heterocycles. The average Bonchev–Trinajstić information content (AvgIpc) is 2.39. The molecule has 0 bridgehead atoms. The maximum absolute atomic E-state index is 14.6. The zero-order valence-corrected chi connectivity index (χ0v) is 10.9. The van der Waals surface area contributed by atoms with Crippen molar-refractivity contribution in [1.82, 2.24) is 0 Å². The van der Waals surface area contributed by atoms with Crippen LogP contribution in [0.2, 0.25) is 0 Å². The summed E-state index contributed by atoms with van der Waals surface area (Å²) >= 11 is 0. The molecular formula is C16H17FO2. The highest BCUT2D eigenvalue weighted by atomic mass is 19.1. The first-order valence-corrected chi connectivity index (χ1v) is 6.46. The van der Waals surface area contributed by atoms with E-state index in [-0.39, 0.29) is 18.8 Å². The van der Waals surface area contributed by atoms with E-state index in [1.165, 1.54) is 0 Å². The Labute approximate surface area is 112 Å². The number of carbonyl (C=O) groups is 1. The van der Waals surface area contributed by atoms with Crippen molar-refractivity contribution in [3.63, 3.8) is 0 Å². The standard InChI is InChI=1S/C16H17FO2/c1-2-9-16(17)10-8-13(15(18)19)14(11-16)12-6-4-3-5-7-12/h3-7,13-14H,8,10-11H2,1H3,(H,18,19)/t13-,14+,16?/m1/s1. The summed E-state index contributed by atoms with van der Waals surface area (Å²) in [6.07, 6.45) is 0.697. The van der Waals surface area contributed by atoms with Gasteiger partial charge in [-0.2, -0.15) is 0 Å². The van der Waals surface area contributed by atoms with Gasteiger partial charge in [-0.25, -0.2) is 4.39 Å². The first-order valence-electron chi connectivity index (χ1n) is 6.46. The van der Waals surface area contributed by atoms with Crippen LogP contribution in [-0.2, 0) is 4.79 Å². The van der Waals surface area contributed by atoms with Gasteiger partial charge in [-0.1, -0.05) is 36.3 Å². The molecule has 19 heavy (non-hydrogen) atoms. The first kappa shape index (κ1) is 13.6. The normalized spacial score (nSPS) is 30.2. The van der Waals surface area contributed by atoms with Crippen molar-refractivity contribution in [2.75, 3.05) is 0 Å². The third kappa shape index (κ3) is 2.96. The van der Waals surface area contributed by atoms with Crippen molar-refractivity contribution >= 4 is 5.97 Å². The van der Waals surface area contributed by atoms with Gasteiger partial charge in [0.15, 0.2) is 5.67 Å². The fraction of sp³-hybridized carbons (Fsp3) is 0.438. The Kier molecular flexibility index (Phi) is 3.90. The van der Waals surface area contributed by atoms with Gasteiger partial charge in [0.1, 0.15) is 0 Å². The Morgan fingerprint density at radius 1 is 1.42 bits per heavy atom.